The lowest BCUT2D eigenvalue weighted by Crippen LogP contribution is -2.35. The van der Waals surface area contributed by atoms with E-state index in [4.69, 9.17) is 11.6 Å². The van der Waals surface area contributed by atoms with Crippen molar-refractivity contribution in [2.45, 2.75) is 19.9 Å². The van der Waals surface area contributed by atoms with Gasteiger partial charge in [0.2, 0.25) is 0 Å². The fourth-order valence-corrected chi connectivity index (χ4v) is 3.87. The molecule has 2 aromatic heterocycles. The summed E-state index contributed by atoms with van der Waals surface area (Å²) >= 11 is 6.38. The molecule has 1 saturated heterocycles. The molecule has 0 radical (unpaired) electrons. The van der Waals surface area contributed by atoms with Crippen molar-refractivity contribution < 1.29 is 4.79 Å². The van der Waals surface area contributed by atoms with Crippen LogP contribution in [0.5, 0.6) is 0 Å². The highest BCUT2D eigenvalue weighted by Gasteiger charge is 2.23. The van der Waals surface area contributed by atoms with Crippen LogP contribution < -0.4 is 0 Å². The van der Waals surface area contributed by atoms with Crippen molar-refractivity contribution in [3.63, 3.8) is 0 Å². The Morgan fingerprint density at radius 1 is 1.14 bits per heavy atom. The quantitative estimate of drug-likeness (QED) is 0.678. The molecule has 3 aromatic rings. The summed E-state index contributed by atoms with van der Waals surface area (Å²) in [5.74, 6) is -0.0595. The molecule has 0 saturated carbocycles. The van der Waals surface area contributed by atoms with Crippen LogP contribution in [-0.4, -0.2) is 61.6 Å². The van der Waals surface area contributed by atoms with Crippen LogP contribution >= 0.6 is 11.6 Å². The summed E-state index contributed by atoms with van der Waals surface area (Å²) in [6, 6.07) is 7.59. The van der Waals surface area contributed by atoms with Gasteiger partial charge < -0.3 is 4.90 Å². The predicted octanol–water partition coefficient (Wildman–Crippen LogP) is 2.67. The predicted molar refractivity (Wildman–Crippen MR) is 108 cm³/mol. The molecule has 0 spiro atoms. The van der Waals surface area contributed by atoms with Crippen LogP contribution in [-0.2, 0) is 13.6 Å². The smallest absolute Gasteiger partial charge is 0.274 e. The largest absolute Gasteiger partial charge is 0.336 e. The molecule has 1 amide bonds. The molecule has 0 N–H and O–H groups in total. The van der Waals surface area contributed by atoms with Crippen molar-refractivity contribution in [3.05, 3.63) is 52.6 Å². The topological polar surface area (TPSA) is 67.2 Å². The van der Waals surface area contributed by atoms with Crippen molar-refractivity contribution in [1.82, 2.24) is 29.5 Å². The molecule has 1 fully saturated rings. The number of hydrogen-bond acceptors (Lipinski definition) is 5. The van der Waals surface area contributed by atoms with E-state index >= 15 is 0 Å². The number of rotatable bonds is 3. The number of fused-ring (bicyclic) bond motifs is 1. The second-order valence-electron chi connectivity index (χ2n) is 7.14. The van der Waals surface area contributed by atoms with E-state index in [1.54, 1.807) is 10.9 Å². The monoisotopic (exact) mass is 398 g/mol. The molecule has 7 nitrogen and oxygen atoms in total. The zero-order chi connectivity index (χ0) is 19.7. The second kappa shape index (κ2) is 7.85. The van der Waals surface area contributed by atoms with E-state index in [2.05, 4.69) is 20.0 Å². The maximum absolute atomic E-state index is 12.9. The molecule has 0 unspecified atom stereocenters. The standard InChI is InChI=1S/C20H23ClN6O/c1-14-15(19(21)25(2)24-14)13-26-8-5-9-27(11-10-26)20(28)18-12-22-16-6-3-4-7-17(16)23-18/h3-4,6-7,12H,5,8-11,13H2,1-2H3. The highest BCUT2D eigenvalue weighted by Crippen LogP contribution is 2.21. The molecule has 1 aliphatic rings. The van der Waals surface area contributed by atoms with Crippen LogP contribution in [0.4, 0.5) is 0 Å². The van der Waals surface area contributed by atoms with E-state index in [-0.39, 0.29) is 5.91 Å². The summed E-state index contributed by atoms with van der Waals surface area (Å²) in [7, 11) is 1.85. The van der Waals surface area contributed by atoms with Crippen molar-refractivity contribution in [2.75, 3.05) is 26.2 Å². The van der Waals surface area contributed by atoms with Crippen molar-refractivity contribution in [3.8, 4) is 0 Å². The van der Waals surface area contributed by atoms with Crippen LogP contribution in [0, 0.1) is 6.92 Å². The van der Waals surface area contributed by atoms with E-state index in [9.17, 15) is 4.79 Å². The van der Waals surface area contributed by atoms with Crippen molar-refractivity contribution in [1.29, 1.82) is 0 Å². The fourth-order valence-electron chi connectivity index (χ4n) is 3.63. The minimum atomic E-state index is -0.0595. The van der Waals surface area contributed by atoms with Gasteiger partial charge in [0.05, 0.1) is 22.9 Å². The summed E-state index contributed by atoms with van der Waals surface area (Å²) in [6.45, 7) is 5.80. The molecule has 28 heavy (non-hydrogen) atoms. The van der Waals surface area contributed by atoms with Gasteiger partial charge in [-0.2, -0.15) is 5.10 Å². The molecule has 0 bridgehead atoms. The van der Waals surface area contributed by atoms with Crippen LogP contribution in [0.2, 0.25) is 5.15 Å². The van der Waals surface area contributed by atoms with Gasteiger partial charge in [-0.25, -0.2) is 4.98 Å². The Morgan fingerprint density at radius 2 is 1.93 bits per heavy atom. The van der Waals surface area contributed by atoms with Crippen molar-refractivity contribution in [2.24, 2.45) is 7.05 Å². The van der Waals surface area contributed by atoms with Crippen LogP contribution in [0.25, 0.3) is 11.0 Å². The lowest BCUT2D eigenvalue weighted by atomic mass is 10.2. The fraction of sp³-hybridized carbons (Fsp3) is 0.400. The Bertz CT molecular complexity index is 1020. The van der Waals surface area contributed by atoms with Gasteiger partial charge in [0.1, 0.15) is 10.8 Å². The molecule has 1 aliphatic heterocycles. The first-order valence-corrected chi connectivity index (χ1v) is 9.82. The number of carbonyl (C=O) groups is 1. The van der Waals surface area contributed by atoms with E-state index < -0.39 is 0 Å². The zero-order valence-corrected chi connectivity index (χ0v) is 16.9. The summed E-state index contributed by atoms with van der Waals surface area (Å²) in [6.07, 6.45) is 2.48. The Kier molecular flexibility index (Phi) is 5.28. The number of halogens is 1. The van der Waals surface area contributed by atoms with Gasteiger partial charge in [-0.1, -0.05) is 23.7 Å². The Labute approximate surface area is 168 Å². The number of aryl methyl sites for hydroxylation is 2. The number of nitrogens with zero attached hydrogens (tertiary/aromatic N) is 6. The first-order chi connectivity index (χ1) is 13.5. The highest BCUT2D eigenvalue weighted by atomic mass is 35.5. The van der Waals surface area contributed by atoms with Crippen molar-refractivity contribution >= 4 is 28.5 Å². The third-order valence-corrected chi connectivity index (χ3v) is 5.67. The van der Waals surface area contributed by atoms with E-state index in [0.29, 0.717) is 23.9 Å². The number of carbonyl (C=O) groups excluding carboxylic acids is 1. The average molecular weight is 399 g/mol. The number of hydrogen-bond donors (Lipinski definition) is 0. The van der Waals surface area contributed by atoms with Crippen LogP contribution in [0.15, 0.2) is 30.5 Å². The Balaban J connectivity index is 1.45. The zero-order valence-electron chi connectivity index (χ0n) is 16.1. The van der Waals surface area contributed by atoms with E-state index in [1.807, 2.05) is 43.1 Å². The Morgan fingerprint density at radius 3 is 2.68 bits per heavy atom. The summed E-state index contributed by atoms with van der Waals surface area (Å²) < 4.78 is 1.71. The maximum atomic E-state index is 12.9. The third kappa shape index (κ3) is 3.72. The van der Waals surface area contributed by atoms with Gasteiger partial charge in [0.25, 0.3) is 5.91 Å². The van der Waals surface area contributed by atoms with Gasteiger partial charge in [0.15, 0.2) is 0 Å². The van der Waals surface area contributed by atoms with Gasteiger partial charge >= 0.3 is 0 Å². The summed E-state index contributed by atoms with van der Waals surface area (Å²) in [5.41, 5.74) is 3.95. The highest BCUT2D eigenvalue weighted by molar-refractivity contribution is 6.30. The second-order valence-corrected chi connectivity index (χ2v) is 7.50. The van der Waals surface area contributed by atoms with Gasteiger partial charge in [-0.15, -0.1) is 0 Å². The van der Waals surface area contributed by atoms with Crippen LogP contribution in [0.1, 0.15) is 28.2 Å². The summed E-state index contributed by atoms with van der Waals surface area (Å²) in [5, 5.41) is 5.07. The first kappa shape index (κ1) is 18.8. The van der Waals surface area contributed by atoms with Gasteiger partial charge in [-0.3, -0.25) is 19.4 Å². The van der Waals surface area contributed by atoms with Gasteiger partial charge in [0, 0.05) is 45.3 Å². The van der Waals surface area contributed by atoms with Gasteiger partial charge in [-0.05, 0) is 25.5 Å². The van der Waals surface area contributed by atoms with E-state index in [0.717, 1.165) is 48.3 Å². The molecule has 1 aromatic carbocycles. The van der Waals surface area contributed by atoms with Crippen LogP contribution in [0.3, 0.4) is 0 Å². The minimum absolute atomic E-state index is 0.0595. The number of amides is 1. The molecular weight excluding hydrogens is 376 g/mol. The summed E-state index contributed by atoms with van der Waals surface area (Å²) in [4.78, 5) is 26.0. The maximum Gasteiger partial charge on any atom is 0.274 e. The molecule has 0 atom stereocenters. The first-order valence-electron chi connectivity index (χ1n) is 9.44. The molecule has 146 valence electrons. The normalized spacial score (nSPS) is 15.8. The number of aromatic nitrogens is 4. The number of para-hydroxylation sites is 2. The molecule has 0 aliphatic carbocycles. The number of benzene rings is 1. The minimum Gasteiger partial charge on any atom is -0.336 e. The SMILES string of the molecule is Cc1nn(C)c(Cl)c1CN1CCCN(C(=O)c2cnc3ccccc3n2)CC1. The third-order valence-electron chi connectivity index (χ3n) is 5.19. The molecule has 8 heteroatoms. The van der Waals surface area contributed by atoms with E-state index in [1.165, 1.54) is 0 Å². The Hall–Kier alpha value is -2.51. The molecule has 3 heterocycles. The molecular formula is C20H23ClN6O. The lowest BCUT2D eigenvalue weighted by molar-refractivity contribution is 0.0755. The average Bonchev–Trinajstić information content (AvgIpc) is 2.88. The molecule has 4 rings (SSSR count). The lowest BCUT2D eigenvalue weighted by Gasteiger charge is -2.21.